The summed E-state index contributed by atoms with van der Waals surface area (Å²) in [7, 11) is 0. The minimum absolute atomic E-state index is 0.656. The van der Waals surface area contributed by atoms with E-state index in [-0.39, 0.29) is 0 Å². The first-order valence-electron chi connectivity index (χ1n) is 6.72. The highest BCUT2D eigenvalue weighted by Crippen LogP contribution is 2.30. The lowest BCUT2D eigenvalue weighted by Gasteiger charge is -2.27. The first-order valence-corrected chi connectivity index (χ1v) is 6.72. The van der Waals surface area contributed by atoms with Crippen molar-refractivity contribution >= 4 is 0 Å². The minimum atomic E-state index is 0.656. The molecule has 0 aliphatic carbocycles. The lowest BCUT2D eigenvalue weighted by Crippen LogP contribution is -2.47. The standard InChI is InChI=1S/C14H20N2O2/c1-2-13-14(18-6-5-17-13)7-11(1)3-4-15-8-12-9-16-10-12/h1-2,7,12,15-16H,3-6,8-10H2. The van der Waals surface area contributed by atoms with Crippen molar-refractivity contribution in [2.24, 2.45) is 5.92 Å². The topological polar surface area (TPSA) is 42.5 Å². The van der Waals surface area contributed by atoms with E-state index in [0.717, 1.165) is 50.0 Å². The van der Waals surface area contributed by atoms with Gasteiger partial charge in [0.1, 0.15) is 13.2 Å². The molecule has 0 aromatic heterocycles. The Morgan fingerprint density at radius 3 is 2.78 bits per heavy atom. The second-order valence-corrected chi connectivity index (χ2v) is 4.96. The monoisotopic (exact) mass is 248 g/mol. The molecule has 0 spiro atoms. The Kier molecular flexibility index (Phi) is 3.67. The Labute approximate surface area is 108 Å². The number of benzene rings is 1. The van der Waals surface area contributed by atoms with E-state index in [0.29, 0.717) is 13.2 Å². The Balaban J connectivity index is 1.46. The van der Waals surface area contributed by atoms with E-state index in [1.807, 2.05) is 6.07 Å². The quantitative estimate of drug-likeness (QED) is 0.757. The molecule has 18 heavy (non-hydrogen) atoms. The van der Waals surface area contributed by atoms with Gasteiger partial charge in [0, 0.05) is 19.6 Å². The molecule has 4 nitrogen and oxygen atoms in total. The summed E-state index contributed by atoms with van der Waals surface area (Å²) < 4.78 is 11.1. The van der Waals surface area contributed by atoms with Crippen molar-refractivity contribution in [1.82, 2.24) is 10.6 Å². The fraction of sp³-hybridized carbons (Fsp3) is 0.571. The van der Waals surface area contributed by atoms with Gasteiger partial charge in [0.15, 0.2) is 11.5 Å². The van der Waals surface area contributed by atoms with E-state index < -0.39 is 0 Å². The van der Waals surface area contributed by atoms with Crippen LogP contribution in [-0.2, 0) is 6.42 Å². The predicted molar refractivity (Wildman–Crippen MR) is 70.4 cm³/mol. The molecule has 0 unspecified atom stereocenters. The molecule has 2 aliphatic rings. The molecular weight excluding hydrogens is 228 g/mol. The first kappa shape index (κ1) is 11.8. The SMILES string of the molecule is c1cc2c(cc1CCNCC1CNC1)OCCO2. The summed E-state index contributed by atoms with van der Waals surface area (Å²) in [5.41, 5.74) is 1.30. The van der Waals surface area contributed by atoms with Crippen molar-refractivity contribution in [3.05, 3.63) is 23.8 Å². The van der Waals surface area contributed by atoms with Crippen LogP contribution in [0.15, 0.2) is 18.2 Å². The molecule has 2 N–H and O–H groups in total. The average Bonchev–Trinajstić information content (AvgIpc) is 2.36. The maximum absolute atomic E-state index is 5.58. The second kappa shape index (κ2) is 5.59. The van der Waals surface area contributed by atoms with E-state index in [2.05, 4.69) is 22.8 Å². The number of fused-ring (bicyclic) bond motifs is 1. The summed E-state index contributed by atoms with van der Waals surface area (Å²) in [6, 6.07) is 6.24. The van der Waals surface area contributed by atoms with Crippen LogP contribution < -0.4 is 20.1 Å². The Morgan fingerprint density at radius 1 is 1.17 bits per heavy atom. The van der Waals surface area contributed by atoms with Crippen LogP contribution in [-0.4, -0.2) is 39.4 Å². The minimum Gasteiger partial charge on any atom is -0.486 e. The van der Waals surface area contributed by atoms with Gasteiger partial charge in [-0.1, -0.05) is 6.07 Å². The zero-order valence-electron chi connectivity index (χ0n) is 10.6. The van der Waals surface area contributed by atoms with Gasteiger partial charge in [-0.2, -0.15) is 0 Å². The summed E-state index contributed by atoms with van der Waals surface area (Å²) in [5, 5.41) is 6.79. The molecule has 0 radical (unpaired) electrons. The summed E-state index contributed by atoms with van der Waals surface area (Å²) in [6.07, 6.45) is 1.04. The maximum Gasteiger partial charge on any atom is 0.161 e. The third-order valence-electron chi connectivity index (χ3n) is 3.50. The van der Waals surface area contributed by atoms with Crippen molar-refractivity contribution in [2.45, 2.75) is 6.42 Å². The Morgan fingerprint density at radius 2 is 2.00 bits per heavy atom. The van der Waals surface area contributed by atoms with Crippen LogP contribution in [0, 0.1) is 5.92 Å². The van der Waals surface area contributed by atoms with Crippen molar-refractivity contribution in [3.63, 3.8) is 0 Å². The van der Waals surface area contributed by atoms with Crippen molar-refractivity contribution < 1.29 is 9.47 Å². The molecule has 98 valence electrons. The summed E-state index contributed by atoms with van der Waals surface area (Å²) in [6.45, 7) is 5.79. The van der Waals surface area contributed by atoms with Crippen LogP contribution in [0.4, 0.5) is 0 Å². The van der Waals surface area contributed by atoms with Crippen LogP contribution in [0.5, 0.6) is 11.5 Å². The van der Waals surface area contributed by atoms with Gasteiger partial charge in [-0.3, -0.25) is 0 Å². The Bertz CT molecular complexity index is 405. The summed E-state index contributed by atoms with van der Waals surface area (Å²) in [5.74, 6) is 2.59. The molecule has 0 atom stereocenters. The fourth-order valence-electron chi connectivity index (χ4n) is 2.27. The van der Waals surface area contributed by atoms with E-state index in [1.165, 1.54) is 5.56 Å². The molecule has 2 aliphatic heterocycles. The largest absolute Gasteiger partial charge is 0.486 e. The van der Waals surface area contributed by atoms with Crippen LogP contribution in [0.1, 0.15) is 5.56 Å². The van der Waals surface area contributed by atoms with Gasteiger partial charge in [-0.25, -0.2) is 0 Å². The number of hydrogen-bond donors (Lipinski definition) is 2. The number of ether oxygens (including phenoxy) is 2. The third kappa shape index (κ3) is 2.76. The molecule has 4 heteroatoms. The molecule has 1 aromatic rings. The molecule has 1 aromatic carbocycles. The van der Waals surface area contributed by atoms with E-state index in [1.54, 1.807) is 0 Å². The van der Waals surface area contributed by atoms with Crippen molar-refractivity contribution in [1.29, 1.82) is 0 Å². The number of hydrogen-bond acceptors (Lipinski definition) is 4. The molecule has 0 amide bonds. The van der Waals surface area contributed by atoms with Gasteiger partial charge in [0.05, 0.1) is 0 Å². The van der Waals surface area contributed by atoms with E-state index in [4.69, 9.17) is 9.47 Å². The normalized spacial score (nSPS) is 18.4. The highest BCUT2D eigenvalue weighted by molar-refractivity contribution is 5.43. The third-order valence-corrected chi connectivity index (χ3v) is 3.50. The molecule has 1 saturated heterocycles. The lowest BCUT2D eigenvalue weighted by atomic mass is 10.0. The second-order valence-electron chi connectivity index (χ2n) is 4.96. The lowest BCUT2D eigenvalue weighted by molar-refractivity contribution is 0.171. The molecule has 3 rings (SSSR count). The highest BCUT2D eigenvalue weighted by Gasteiger charge is 2.15. The van der Waals surface area contributed by atoms with Crippen molar-refractivity contribution in [2.75, 3.05) is 39.4 Å². The first-order chi connectivity index (χ1) is 8.92. The van der Waals surface area contributed by atoms with Gasteiger partial charge in [-0.15, -0.1) is 0 Å². The highest BCUT2D eigenvalue weighted by atomic mass is 16.6. The summed E-state index contributed by atoms with van der Waals surface area (Å²) >= 11 is 0. The molecular formula is C14H20N2O2. The van der Waals surface area contributed by atoms with Crippen LogP contribution in [0.3, 0.4) is 0 Å². The molecule has 2 heterocycles. The van der Waals surface area contributed by atoms with Crippen LogP contribution in [0.25, 0.3) is 0 Å². The zero-order chi connectivity index (χ0) is 12.2. The Hall–Kier alpha value is -1.26. The number of nitrogens with one attached hydrogen (secondary N) is 2. The molecule has 0 bridgehead atoms. The fourth-order valence-corrected chi connectivity index (χ4v) is 2.27. The zero-order valence-corrected chi connectivity index (χ0v) is 10.6. The summed E-state index contributed by atoms with van der Waals surface area (Å²) in [4.78, 5) is 0. The van der Waals surface area contributed by atoms with Crippen LogP contribution >= 0.6 is 0 Å². The van der Waals surface area contributed by atoms with E-state index in [9.17, 15) is 0 Å². The smallest absolute Gasteiger partial charge is 0.161 e. The van der Waals surface area contributed by atoms with Gasteiger partial charge < -0.3 is 20.1 Å². The van der Waals surface area contributed by atoms with Crippen molar-refractivity contribution in [3.8, 4) is 11.5 Å². The molecule has 1 fully saturated rings. The van der Waals surface area contributed by atoms with Gasteiger partial charge in [0.25, 0.3) is 0 Å². The van der Waals surface area contributed by atoms with Crippen LogP contribution in [0.2, 0.25) is 0 Å². The average molecular weight is 248 g/mol. The number of rotatable bonds is 5. The van der Waals surface area contributed by atoms with Gasteiger partial charge in [0.2, 0.25) is 0 Å². The maximum atomic E-state index is 5.58. The van der Waals surface area contributed by atoms with E-state index >= 15 is 0 Å². The van der Waals surface area contributed by atoms with Gasteiger partial charge in [-0.05, 0) is 36.6 Å². The molecule has 0 saturated carbocycles. The van der Waals surface area contributed by atoms with Gasteiger partial charge >= 0.3 is 0 Å². The predicted octanol–water partition coefficient (Wildman–Crippen LogP) is 0.809.